The first kappa shape index (κ1) is 13.3. The van der Waals surface area contributed by atoms with Gasteiger partial charge in [0.05, 0.1) is 13.7 Å². The van der Waals surface area contributed by atoms with Crippen molar-refractivity contribution in [2.75, 3.05) is 27.8 Å². The molecule has 1 aromatic carbocycles. The van der Waals surface area contributed by atoms with E-state index in [1.807, 2.05) is 0 Å². The highest BCUT2D eigenvalue weighted by atomic mass is 16.5. The van der Waals surface area contributed by atoms with Crippen molar-refractivity contribution in [1.29, 1.82) is 0 Å². The molecule has 0 heterocycles. The normalized spacial score (nSPS) is 9.88. The number of methoxy groups -OCH3 is 1. The number of aliphatic hydroxyl groups is 1. The van der Waals surface area contributed by atoms with Gasteiger partial charge in [0.1, 0.15) is 11.5 Å². The lowest BCUT2D eigenvalue weighted by Gasteiger charge is -2.14. The summed E-state index contributed by atoms with van der Waals surface area (Å²) in [7, 11) is 4.86. The van der Waals surface area contributed by atoms with Gasteiger partial charge in [-0.05, 0) is 12.1 Å². The van der Waals surface area contributed by atoms with Crippen molar-refractivity contribution in [3.8, 4) is 11.5 Å². The van der Waals surface area contributed by atoms with Crippen LogP contribution in [0.15, 0.2) is 18.2 Å². The summed E-state index contributed by atoms with van der Waals surface area (Å²) in [4.78, 5) is 12.8. The molecule has 0 saturated carbocycles. The molecule has 1 aromatic rings. The summed E-state index contributed by atoms with van der Waals surface area (Å²) in [6.45, 7) is -0.206. The number of benzene rings is 1. The lowest BCUT2D eigenvalue weighted by molar-refractivity contribution is -0.130. The Labute approximate surface area is 101 Å². The van der Waals surface area contributed by atoms with Crippen molar-refractivity contribution in [3.63, 3.8) is 0 Å². The second kappa shape index (κ2) is 6.10. The van der Waals surface area contributed by atoms with Crippen LogP contribution in [-0.2, 0) is 11.4 Å². The average molecular weight is 239 g/mol. The molecule has 5 nitrogen and oxygen atoms in total. The van der Waals surface area contributed by atoms with E-state index in [4.69, 9.17) is 14.6 Å². The van der Waals surface area contributed by atoms with Crippen LogP contribution in [0.5, 0.6) is 11.5 Å². The molecule has 1 N–H and O–H groups in total. The second-order valence-electron chi connectivity index (χ2n) is 3.71. The highest BCUT2D eigenvalue weighted by Gasteiger charge is 2.09. The van der Waals surface area contributed by atoms with Gasteiger partial charge in [0, 0.05) is 25.7 Å². The molecule has 1 amide bonds. The number of hydrogen-bond acceptors (Lipinski definition) is 4. The van der Waals surface area contributed by atoms with Gasteiger partial charge in [-0.15, -0.1) is 0 Å². The number of amides is 1. The fraction of sp³-hybridized carbons (Fsp3) is 0.417. The molecule has 0 saturated heterocycles. The number of nitrogens with zero attached hydrogens (tertiary/aromatic N) is 1. The van der Waals surface area contributed by atoms with E-state index < -0.39 is 0 Å². The predicted octanol–water partition coefficient (Wildman–Crippen LogP) is 0.654. The van der Waals surface area contributed by atoms with E-state index in [1.165, 1.54) is 4.90 Å². The summed E-state index contributed by atoms with van der Waals surface area (Å²) in [5, 5.41) is 9.14. The number of aliphatic hydroxyl groups excluding tert-OH is 1. The summed E-state index contributed by atoms with van der Waals surface area (Å²) in [6.07, 6.45) is 0. The molecule has 5 heteroatoms. The molecule has 0 bridgehead atoms. The fourth-order valence-electron chi connectivity index (χ4n) is 1.20. The van der Waals surface area contributed by atoms with Gasteiger partial charge in [0.2, 0.25) is 0 Å². The number of rotatable bonds is 5. The zero-order valence-electron chi connectivity index (χ0n) is 10.3. The van der Waals surface area contributed by atoms with Crippen molar-refractivity contribution < 1.29 is 19.4 Å². The molecule has 0 spiro atoms. The van der Waals surface area contributed by atoms with E-state index in [0.717, 1.165) is 0 Å². The Morgan fingerprint density at radius 2 is 2.12 bits per heavy atom. The molecule has 0 aliphatic rings. The minimum absolute atomic E-state index is 0.0623. The van der Waals surface area contributed by atoms with Crippen molar-refractivity contribution >= 4 is 5.91 Å². The molecule has 94 valence electrons. The van der Waals surface area contributed by atoms with Gasteiger partial charge in [-0.2, -0.15) is 0 Å². The zero-order chi connectivity index (χ0) is 12.8. The van der Waals surface area contributed by atoms with Crippen LogP contribution in [0.1, 0.15) is 5.56 Å². The average Bonchev–Trinajstić information content (AvgIpc) is 2.35. The Morgan fingerprint density at radius 3 is 2.65 bits per heavy atom. The summed E-state index contributed by atoms with van der Waals surface area (Å²) in [5.41, 5.74) is 0.623. The first-order valence-electron chi connectivity index (χ1n) is 5.19. The van der Waals surface area contributed by atoms with Crippen molar-refractivity contribution in [2.45, 2.75) is 6.61 Å². The largest absolute Gasteiger partial charge is 0.497 e. The van der Waals surface area contributed by atoms with Crippen LogP contribution in [0.4, 0.5) is 0 Å². The van der Waals surface area contributed by atoms with Gasteiger partial charge >= 0.3 is 0 Å². The smallest absolute Gasteiger partial charge is 0.259 e. The molecule has 0 unspecified atom stereocenters. The predicted molar refractivity (Wildman–Crippen MR) is 63.1 cm³/mol. The number of ether oxygens (including phenoxy) is 2. The van der Waals surface area contributed by atoms with Crippen LogP contribution in [0.25, 0.3) is 0 Å². The van der Waals surface area contributed by atoms with E-state index in [2.05, 4.69) is 0 Å². The molecule has 0 aliphatic carbocycles. The van der Waals surface area contributed by atoms with Gasteiger partial charge in [-0.1, -0.05) is 0 Å². The monoisotopic (exact) mass is 239 g/mol. The number of carbonyl (C=O) groups is 1. The first-order chi connectivity index (χ1) is 8.08. The quantitative estimate of drug-likeness (QED) is 0.819. The topological polar surface area (TPSA) is 59.0 Å². The number of likely N-dealkylation sites (N-methyl/N-ethyl adjacent to an activating group) is 1. The molecule has 0 radical (unpaired) electrons. The van der Waals surface area contributed by atoms with Crippen LogP contribution < -0.4 is 9.47 Å². The van der Waals surface area contributed by atoms with E-state index in [-0.39, 0.29) is 19.1 Å². The maximum Gasteiger partial charge on any atom is 0.259 e. The van der Waals surface area contributed by atoms with Gasteiger partial charge < -0.3 is 19.5 Å². The van der Waals surface area contributed by atoms with Crippen molar-refractivity contribution in [1.82, 2.24) is 4.90 Å². The van der Waals surface area contributed by atoms with Crippen LogP contribution in [0.2, 0.25) is 0 Å². The molecule has 1 rings (SSSR count). The highest BCUT2D eigenvalue weighted by Crippen LogP contribution is 2.24. The Hall–Kier alpha value is -1.75. The number of carbonyl (C=O) groups excluding carboxylic acids is 1. The minimum Gasteiger partial charge on any atom is -0.497 e. The lowest BCUT2D eigenvalue weighted by Crippen LogP contribution is -2.27. The maximum atomic E-state index is 11.4. The minimum atomic E-state index is -0.143. The summed E-state index contributed by atoms with van der Waals surface area (Å²) < 4.78 is 10.4. The Bertz CT molecular complexity index is 390. The third-order valence-corrected chi connectivity index (χ3v) is 2.29. The Morgan fingerprint density at radius 1 is 1.41 bits per heavy atom. The van der Waals surface area contributed by atoms with E-state index >= 15 is 0 Å². The van der Waals surface area contributed by atoms with E-state index in [1.54, 1.807) is 39.4 Å². The third kappa shape index (κ3) is 3.64. The molecule has 0 aromatic heterocycles. The third-order valence-electron chi connectivity index (χ3n) is 2.29. The van der Waals surface area contributed by atoms with E-state index in [9.17, 15) is 4.79 Å². The Kier molecular flexibility index (Phi) is 4.78. The number of hydrogen-bond donors (Lipinski definition) is 1. The molecule has 0 atom stereocenters. The highest BCUT2D eigenvalue weighted by molar-refractivity contribution is 5.77. The molecule has 0 fully saturated rings. The van der Waals surface area contributed by atoms with Crippen LogP contribution in [0, 0.1) is 0 Å². The standard InChI is InChI=1S/C12H17NO4/c1-13(2)12(15)8-17-11-6-10(16-3)5-4-9(11)7-14/h4-6,14H,7-8H2,1-3H3. The van der Waals surface area contributed by atoms with Gasteiger partial charge in [0.25, 0.3) is 5.91 Å². The lowest BCUT2D eigenvalue weighted by atomic mass is 10.2. The van der Waals surface area contributed by atoms with Crippen LogP contribution in [-0.4, -0.2) is 43.7 Å². The van der Waals surface area contributed by atoms with Gasteiger partial charge in [0.15, 0.2) is 6.61 Å². The van der Waals surface area contributed by atoms with E-state index in [0.29, 0.717) is 17.1 Å². The van der Waals surface area contributed by atoms with Gasteiger partial charge in [-0.25, -0.2) is 0 Å². The summed E-state index contributed by atoms with van der Waals surface area (Å²) in [5.74, 6) is 0.938. The van der Waals surface area contributed by atoms with Crippen LogP contribution >= 0.6 is 0 Å². The Balaban J connectivity index is 2.77. The van der Waals surface area contributed by atoms with Crippen molar-refractivity contribution in [3.05, 3.63) is 23.8 Å². The van der Waals surface area contributed by atoms with Gasteiger partial charge in [-0.3, -0.25) is 4.79 Å². The van der Waals surface area contributed by atoms with Crippen molar-refractivity contribution in [2.24, 2.45) is 0 Å². The zero-order valence-corrected chi connectivity index (χ0v) is 10.3. The summed E-state index contributed by atoms with van der Waals surface area (Å²) >= 11 is 0. The molecular formula is C12H17NO4. The molecule has 17 heavy (non-hydrogen) atoms. The molecular weight excluding hydrogens is 222 g/mol. The first-order valence-corrected chi connectivity index (χ1v) is 5.19. The fourth-order valence-corrected chi connectivity index (χ4v) is 1.20. The maximum absolute atomic E-state index is 11.4. The van der Waals surface area contributed by atoms with Crippen LogP contribution in [0.3, 0.4) is 0 Å². The summed E-state index contributed by atoms with van der Waals surface area (Å²) in [6, 6.07) is 5.08. The molecule has 0 aliphatic heterocycles. The SMILES string of the molecule is COc1ccc(CO)c(OCC(=O)N(C)C)c1. The second-order valence-corrected chi connectivity index (χ2v) is 3.71.